The molecule has 4 nitrogen and oxygen atoms in total. The molecule has 1 aromatic heterocycles. The summed E-state index contributed by atoms with van der Waals surface area (Å²) in [4.78, 5) is 26.1. The van der Waals surface area contributed by atoms with Crippen LogP contribution in [-0.4, -0.2) is 9.55 Å². The molecule has 2 aromatic rings. The van der Waals surface area contributed by atoms with Crippen molar-refractivity contribution in [2.24, 2.45) is 0 Å². The number of para-hydroxylation sites is 1. The fourth-order valence-corrected chi connectivity index (χ4v) is 1.87. The number of H-pyrrole nitrogens is 1. The largest absolute Gasteiger partial charge is 0.334 e. The molecule has 0 atom stereocenters. The Labute approximate surface area is 107 Å². The second-order valence-corrected chi connectivity index (χ2v) is 4.29. The lowest BCUT2D eigenvalue weighted by molar-refractivity contribution is 0.610. The van der Waals surface area contributed by atoms with Crippen molar-refractivity contribution in [1.82, 2.24) is 9.55 Å². The highest BCUT2D eigenvalue weighted by molar-refractivity contribution is 6.30. The summed E-state index contributed by atoms with van der Waals surface area (Å²) in [6.07, 6.45) is 0. The molecule has 0 aliphatic rings. The van der Waals surface area contributed by atoms with Gasteiger partial charge in [-0.1, -0.05) is 23.7 Å². The number of aryl methyl sites for hydroxylation is 1. The zero-order chi connectivity index (χ0) is 13.4. The normalized spacial score (nSPS) is 10.7. The number of hydrogen-bond acceptors (Lipinski definition) is 2. The molecule has 0 bridgehead atoms. The summed E-state index contributed by atoms with van der Waals surface area (Å²) in [5.74, 6) is -0.635. The van der Waals surface area contributed by atoms with E-state index in [1.54, 1.807) is 13.0 Å². The van der Waals surface area contributed by atoms with Crippen LogP contribution in [0.2, 0.25) is 5.15 Å². The number of aromatic amines is 1. The Morgan fingerprint density at radius 2 is 1.94 bits per heavy atom. The Morgan fingerprint density at radius 1 is 1.28 bits per heavy atom. The summed E-state index contributed by atoms with van der Waals surface area (Å²) >= 11 is 5.70. The van der Waals surface area contributed by atoms with Gasteiger partial charge >= 0.3 is 5.69 Å². The van der Waals surface area contributed by atoms with Crippen molar-refractivity contribution in [2.75, 3.05) is 0 Å². The first-order valence-electron chi connectivity index (χ1n) is 5.20. The molecule has 1 aromatic carbocycles. The van der Waals surface area contributed by atoms with Crippen LogP contribution in [0.3, 0.4) is 0 Å². The number of nitrogens with zero attached hydrogens (tertiary/aromatic N) is 1. The predicted octanol–water partition coefficient (Wildman–Crippen LogP) is 1.94. The zero-order valence-electron chi connectivity index (χ0n) is 9.75. The lowest BCUT2D eigenvalue weighted by Gasteiger charge is -2.10. The Kier molecular flexibility index (Phi) is 3.09. The Bertz CT molecular complexity index is 714. The van der Waals surface area contributed by atoms with E-state index in [4.69, 9.17) is 11.6 Å². The summed E-state index contributed by atoms with van der Waals surface area (Å²) in [6, 6.07) is 4.32. The van der Waals surface area contributed by atoms with Crippen LogP contribution in [0.25, 0.3) is 5.69 Å². The van der Waals surface area contributed by atoms with E-state index in [0.717, 1.165) is 4.57 Å². The number of rotatable bonds is 1. The maximum atomic E-state index is 13.8. The van der Waals surface area contributed by atoms with E-state index < -0.39 is 17.1 Å². The minimum absolute atomic E-state index is 0.0322. The maximum Gasteiger partial charge on any atom is 0.334 e. The molecule has 0 unspecified atom stereocenters. The average molecular weight is 269 g/mol. The van der Waals surface area contributed by atoms with E-state index in [1.807, 2.05) is 0 Å². The number of aromatic nitrogens is 2. The quantitative estimate of drug-likeness (QED) is 0.804. The van der Waals surface area contributed by atoms with Gasteiger partial charge in [-0.15, -0.1) is 0 Å². The van der Waals surface area contributed by atoms with Crippen LogP contribution >= 0.6 is 11.6 Å². The summed E-state index contributed by atoms with van der Waals surface area (Å²) < 4.78 is 14.5. The van der Waals surface area contributed by atoms with Gasteiger partial charge in [0.05, 0.1) is 11.3 Å². The lowest BCUT2D eigenvalue weighted by atomic mass is 10.2. The van der Waals surface area contributed by atoms with E-state index >= 15 is 0 Å². The van der Waals surface area contributed by atoms with E-state index in [-0.39, 0.29) is 16.4 Å². The highest BCUT2D eigenvalue weighted by Crippen LogP contribution is 2.15. The molecule has 0 saturated heterocycles. The minimum Gasteiger partial charge on any atom is -0.297 e. The standard InChI is InChI=1S/C12H10ClFN2O2/c1-6-4-3-5-8(14)9(6)16-11(17)7(2)10(13)15-12(16)18/h3-5H,1-2H3,(H,15,18). The van der Waals surface area contributed by atoms with Gasteiger partial charge in [0, 0.05) is 0 Å². The fourth-order valence-electron chi connectivity index (χ4n) is 1.71. The SMILES string of the molecule is Cc1cccc(F)c1-n1c(=O)[nH]c(Cl)c(C)c1=O. The second kappa shape index (κ2) is 4.42. The fraction of sp³-hybridized carbons (Fsp3) is 0.167. The highest BCUT2D eigenvalue weighted by Gasteiger charge is 2.15. The van der Waals surface area contributed by atoms with Gasteiger partial charge in [0.25, 0.3) is 5.56 Å². The molecule has 0 radical (unpaired) electrons. The van der Waals surface area contributed by atoms with Gasteiger partial charge in [-0.3, -0.25) is 9.78 Å². The molecule has 0 amide bonds. The van der Waals surface area contributed by atoms with Crippen molar-refractivity contribution in [3.8, 4) is 5.69 Å². The Hall–Kier alpha value is -1.88. The van der Waals surface area contributed by atoms with E-state index in [9.17, 15) is 14.0 Å². The molecule has 1 N–H and O–H groups in total. The second-order valence-electron chi connectivity index (χ2n) is 3.92. The summed E-state index contributed by atoms with van der Waals surface area (Å²) in [7, 11) is 0. The molecule has 0 saturated carbocycles. The van der Waals surface area contributed by atoms with Crippen LogP contribution in [0.1, 0.15) is 11.1 Å². The predicted molar refractivity (Wildman–Crippen MR) is 67.1 cm³/mol. The van der Waals surface area contributed by atoms with Gasteiger partial charge in [-0.05, 0) is 25.5 Å². The van der Waals surface area contributed by atoms with Crippen LogP contribution < -0.4 is 11.2 Å². The first-order valence-corrected chi connectivity index (χ1v) is 5.58. The van der Waals surface area contributed by atoms with E-state index in [2.05, 4.69) is 4.98 Å². The minimum atomic E-state index is -0.760. The van der Waals surface area contributed by atoms with Crippen LogP contribution in [0.15, 0.2) is 27.8 Å². The Balaban J connectivity index is 2.94. The summed E-state index contributed by atoms with van der Waals surface area (Å²) in [5.41, 5.74) is -0.785. The van der Waals surface area contributed by atoms with Gasteiger partial charge in [-0.25, -0.2) is 13.8 Å². The van der Waals surface area contributed by atoms with Gasteiger partial charge < -0.3 is 0 Å². The molecule has 0 spiro atoms. The van der Waals surface area contributed by atoms with Crippen molar-refractivity contribution in [2.45, 2.75) is 13.8 Å². The Morgan fingerprint density at radius 3 is 2.56 bits per heavy atom. The van der Waals surface area contributed by atoms with Crippen LogP contribution in [0.4, 0.5) is 4.39 Å². The molecule has 18 heavy (non-hydrogen) atoms. The van der Waals surface area contributed by atoms with Gasteiger partial charge in [-0.2, -0.15) is 0 Å². The third kappa shape index (κ3) is 1.86. The molecule has 0 aliphatic heterocycles. The molecular weight excluding hydrogens is 259 g/mol. The molecule has 1 heterocycles. The number of benzene rings is 1. The first kappa shape index (κ1) is 12.6. The third-order valence-electron chi connectivity index (χ3n) is 2.69. The zero-order valence-corrected chi connectivity index (χ0v) is 10.5. The van der Waals surface area contributed by atoms with Gasteiger partial charge in [0.2, 0.25) is 0 Å². The van der Waals surface area contributed by atoms with Gasteiger partial charge in [0.15, 0.2) is 0 Å². The van der Waals surface area contributed by atoms with Crippen LogP contribution in [0.5, 0.6) is 0 Å². The molecular formula is C12H10ClFN2O2. The van der Waals surface area contributed by atoms with Crippen molar-refractivity contribution in [3.05, 3.63) is 61.1 Å². The summed E-state index contributed by atoms with van der Waals surface area (Å²) in [5, 5.41) is -0.0322. The smallest absolute Gasteiger partial charge is 0.297 e. The highest BCUT2D eigenvalue weighted by atomic mass is 35.5. The van der Waals surface area contributed by atoms with Crippen molar-refractivity contribution >= 4 is 11.6 Å². The topological polar surface area (TPSA) is 54.9 Å². The number of nitrogens with one attached hydrogen (secondary N) is 1. The number of halogens is 2. The average Bonchev–Trinajstić information content (AvgIpc) is 2.30. The van der Waals surface area contributed by atoms with Crippen molar-refractivity contribution in [3.63, 3.8) is 0 Å². The summed E-state index contributed by atoms with van der Waals surface area (Å²) in [6.45, 7) is 3.08. The van der Waals surface area contributed by atoms with Gasteiger partial charge in [0.1, 0.15) is 11.0 Å². The van der Waals surface area contributed by atoms with Crippen molar-refractivity contribution in [1.29, 1.82) is 0 Å². The first-order chi connectivity index (χ1) is 8.43. The monoisotopic (exact) mass is 268 g/mol. The lowest BCUT2D eigenvalue weighted by Crippen LogP contribution is -2.36. The maximum absolute atomic E-state index is 13.8. The van der Waals surface area contributed by atoms with E-state index in [1.165, 1.54) is 19.1 Å². The van der Waals surface area contributed by atoms with Crippen molar-refractivity contribution < 1.29 is 4.39 Å². The molecule has 6 heteroatoms. The molecule has 0 fully saturated rings. The molecule has 94 valence electrons. The van der Waals surface area contributed by atoms with Crippen LogP contribution in [0, 0.1) is 19.7 Å². The van der Waals surface area contributed by atoms with E-state index in [0.29, 0.717) is 5.56 Å². The van der Waals surface area contributed by atoms with Crippen LogP contribution in [-0.2, 0) is 0 Å². The molecule has 2 rings (SSSR count). The molecule has 0 aliphatic carbocycles. The number of hydrogen-bond donors (Lipinski definition) is 1. The third-order valence-corrected chi connectivity index (χ3v) is 3.06.